The van der Waals surface area contributed by atoms with Crippen LogP contribution in [0, 0.1) is 0 Å². The lowest BCUT2D eigenvalue weighted by atomic mass is 9.95. The third-order valence-corrected chi connectivity index (χ3v) is 5.13. The zero-order chi connectivity index (χ0) is 13.9. The second-order valence-electron chi connectivity index (χ2n) is 5.03. The number of sulfone groups is 1. The van der Waals surface area contributed by atoms with Gasteiger partial charge in [0.25, 0.3) is 5.91 Å². The monoisotopic (exact) mass is 282 g/mol. The van der Waals surface area contributed by atoms with Gasteiger partial charge in [0.2, 0.25) is 0 Å². The van der Waals surface area contributed by atoms with Crippen molar-refractivity contribution in [2.75, 3.05) is 6.26 Å². The Morgan fingerprint density at radius 1 is 1.42 bits per heavy atom. The first-order chi connectivity index (χ1) is 8.97. The van der Waals surface area contributed by atoms with Gasteiger partial charge in [-0.25, -0.2) is 8.42 Å². The minimum absolute atomic E-state index is 0.0684. The number of nitrogens with one attached hydrogen (secondary N) is 1. The molecule has 0 radical (unpaired) electrons. The molecule has 0 spiro atoms. The van der Waals surface area contributed by atoms with Crippen molar-refractivity contribution >= 4 is 15.7 Å². The summed E-state index contributed by atoms with van der Waals surface area (Å²) in [5.74, 6) is -0.188. The molecule has 1 aliphatic carbocycles. The minimum atomic E-state index is -3.02. The van der Waals surface area contributed by atoms with Crippen LogP contribution in [0.4, 0.5) is 0 Å². The smallest absolute Gasteiger partial charge is 0.253 e. The summed E-state index contributed by atoms with van der Waals surface area (Å²) < 4.78 is 23.1. The molecule has 2 rings (SSSR count). The highest BCUT2D eigenvalue weighted by Gasteiger charge is 2.29. The number of nitrogens with zero attached hydrogens (tertiary/aromatic N) is 1. The molecule has 1 aromatic heterocycles. The van der Waals surface area contributed by atoms with E-state index in [0.717, 1.165) is 12.8 Å². The molecule has 1 fully saturated rings. The highest BCUT2D eigenvalue weighted by Crippen LogP contribution is 2.24. The number of aromatic nitrogens is 1. The van der Waals surface area contributed by atoms with Crippen molar-refractivity contribution < 1.29 is 13.2 Å². The fourth-order valence-corrected chi connectivity index (χ4v) is 3.61. The Kier molecular flexibility index (Phi) is 4.19. The Morgan fingerprint density at radius 2 is 2.21 bits per heavy atom. The van der Waals surface area contributed by atoms with Crippen LogP contribution in [0.25, 0.3) is 0 Å². The van der Waals surface area contributed by atoms with E-state index in [-0.39, 0.29) is 17.2 Å². The molecule has 0 bridgehead atoms. The average Bonchev–Trinajstić information content (AvgIpc) is 2.39. The van der Waals surface area contributed by atoms with Crippen molar-refractivity contribution in [2.45, 2.75) is 37.0 Å². The number of hydrogen-bond donors (Lipinski definition) is 1. The quantitative estimate of drug-likeness (QED) is 0.903. The number of amides is 1. The van der Waals surface area contributed by atoms with Crippen molar-refractivity contribution in [3.8, 4) is 0 Å². The lowest BCUT2D eigenvalue weighted by molar-refractivity contribution is 0.0927. The molecule has 1 saturated carbocycles. The first kappa shape index (κ1) is 14.0. The van der Waals surface area contributed by atoms with E-state index < -0.39 is 9.84 Å². The second kappa shape index (κ2) is 5.69. The van der Waals surface area contributed by atoms with Gasteiger partial charge >= 0.3 is 0 Å². The van der Waals surface area contributed by atoms with Crippen LogP contribution in [-0.2, 0) is 9.84 Å². The van der Waals surface area contributed by atoms with Gasteiger partial charge in [-0.2, -0.15) is 0 Å². The lowest BCUT2D eigenvalue weighted by Gasteiger charge is -2.28. The number of rotatable bonds is 3. The lowest BCUT2D eigenvalue weighted by Crippen LogP contribution is -2.41. The molecular weight excluding hydrogens is 264 g/mol. The summed E-state index contributed by atoms with van der Waals surface area (Å²) in [6, 6.07) is 3.33. The Hall–Kier alpha value is -1.43. The molecule has 104 valence electrons. The summed E-state index contributed by atoms with van der Waals surface area (Å²) in [5, 5.41) is 2.56. The first-order valence-corrected chi connectivity index (χ1v) is 8.32. The van der Waals surface area contributed by atoms with Crippen molar-refractivity contribution in [3.05, 3.63) is 30.1 Å². The number of carbonyl (C=O) groups is 1. The Bertz CT molecular complexity index is 542. The summed E-state index contributed by atoms with van der Waals surface area (Å²) in [7, 11) is -3.02. The number of pyridine rings is 1. The number of hydrogen-bond acceptors (Lipinski definition) is 4. The molecular formula is C13H18N2O3S. The maximum atomic E-state index is 12.0. The van der Waals surface area contributed by atoms with E-state index in [1.54, 1.807) is 18.3 Å². The zero-order valence-corrected chi connectivity index (χ0v) is 11.7. The maximum absolute atomic E-state index is 12.0. The van der Waals surface area contributed by atoms with Crippen LogP contribution in [0.3, 0.4) is 0 Å². The largest absolute Gasteiger partial charge is 0.349 e. The minimum Gasteiger partial charge on any atom is -0.349 e. The normalized spacial score (nSPS) is 23.8. The van der Waals surface area contributed by atoms with Gasteiger partial charge in [0, 0.05) is 24.7 Å². The number of carbonyl (C=O) groups excluding carboxylic acids is 1. The molecule has 2 atom stereocenters. The van der Waals surface area contributed by atoms with Crippen LogP contribution in [0.2, 0.25) is 0 Å². The molecule has 0 aliphatic heterocycles. The Morgan fingerprint density at radius 3 is 2.84 bits per heavy atom. The molecule has 1 heterocycles. The predicted octanol–water partition coefficient (Wildman–Crippen LogP) is 1.17. The van der Waals surface area contributed by atoms with E-state index in [4.69, 9.17) is 0 Å². The Labute approximate surface area is 113 Å². The van der Waals surface area contributed by atoms with Crippen LogP contribution in [-0.4, -0.2) is 36.9 Å². The van der Waals surface area contributed by atoms with Gasteiger partial charge in [0.05, 0.1) is 10.8 Å². The van der Waals surface area contributed by atoms with Gasteiger partial charge in [-0.05, 0) is 31.4 Å². The van der Waals surface area contributed by atoms with Gasteiger partial charge in [-0.1, -0.05) is 6.42 Å². The van der Waals surface area contributed by atoms with E-state index in [1.165, 1.54) is 12.5 Å². The molecule has 1 amide bonds. The van der Waals surface area contributed by atoms with Gasteiger partial charge < -0.3 is 5.32 Å². The first-order valence-electron chi connectivity index (χ1n) is 6.36. The summed E-state index contributed by atoms with van der Waals surface area (Å²) in [6.45, 7) is 0. The molecule has 6 heteroatoms. The molecule has 1 aliphatic rings. The summed E-state index contributed by atoms with van der Waals surface area (Å²) in [5.41, 5.74) is 0.504. The van der Waals surface area contributed by atoms with Crippen molar-refractivity contribution in [1.82, 2.24) is 10.3 Å². The van der Waals surface area contributed by atoms with Gasteiger partial charge in [0.15, 0.2) is 0 Å². The third-order valence-electron chi connectivity index (χ3n) is 3.49. The zero-order valence-electron chi connectivity index (χ0n) is 10.9. The van der Waals surface area contributed by atoms with Crippen molar-refractivity contribution in [2.24, 2.45) is 0 Å². The van der Waals surface area contributed by atoms with Crippen molar-refractivity contribution in [1.29, 1.82) is 0 Å². The van der Waals surface area contributed by atoms with Crippen LogP contribution in [0.5, 0.6) is 0 Å². The Balaban J connectivity index is 1.98. The topological polar surface area (TPSA) is 76.1 Å². The van der Waals surface area contributed by atoms with Gasteiger partial charge in [-0.3, -0.25) is 9.78 Å². The van der Waals surface area contributed by atoms with Crippen LogP contribution >= 0.6 is 0 Å². The molecule has 1 aromatic rings. The fourth-order valence-electron chi connectivity index (χ4n) is 2.43. The summed E-state index contributed by atoms with van der Waals surface area (Å²) in [4.78, 5) is 15.9. The van der Waals surface area contributed by atoms with E-state index in [2.05, 4.69) is 10.3 Å². The van der Waals surface area contributed by atoms with E-state index >= 15 is 0 Å². The van der Waals surface area contributed by atoms with E-state index in [9.17, 15) is 13.2 Å². The second-order valence-corrected chi connectivity index (χ2v) is 7.36. The van der Waals surface area contributed by atoms with Crippen molar-refractivity contribution in [3.63, 3.8) is 0 Å². The summed E-state index contributed by atoms with van der Waals surface area (Å²) in [6.07, 6.45) is 7.24. The third kappa shape index (κ3) is 3.76. The van der Waals surface area contributed by atoms with Crippen LogP contribution < -0.4 is 5.32 Å². The van der Waals surface area contributed by atoms with E-state index in [1.807, 2.05) is 0 Å². The standard InChI is InChI=1S/C13H18N2O3S/c1-19(17,18)12-6-2-5-11(8-12)15-13(16)10-4-3-7-14-9-10/h3-4,7,9,11-12H,2,5-6,8H2,1H3,(H,15,16)/t11-,12+/m1/s1. The van der Waals surface area contributed by atoms with Gasteiger partial charge in [-0.15, -0.1) is 0 Å². The summed E-state index contributed by atoms with van der Waals surface area (Å²) >= 11 is 0. The molecule has 0 unspecified atom stereocenters. The molecule has 1 N–H and O–H groups in total. The molecule has 5 nitrogen and oxygen atoms in total. The highest BCUT2D eigenvalue weighted by molar-refractivity contribution is 7.91. The van der Waals surface area contributed by atoms with Gasteiger partial charge in [0.1, 0.15) is 9.84 Å². The molecule has 0 saturated heterocycles. The maximum Gasteiger partial charge on any atom is 0.253 e. The fraction of sp³-hybridized carbons (Fsp3) is 0.538. The molecule has 0 aromatic carbocycles. The predicted molar refractivity (Wildman–Crippen MR) is 72.6 cm³/mol. The average molecular weight is 282 g/mol. The van der Waals surface area contributed by atoms with E-state index in [0.29, 0.717) is 18.4 Å². The van der Waals surface area contributed by atoms with Crippen LogP contribution in [0.1, 0.15) is 36.0 Å². The highest BCUT2D eigenvalue weighted by atomic mass is 32.2. The van der Waals surface area contributed by atoms with Crippen LogP contribution in [0.15, 0.2) is 24.5 Å². The SMILES string of the molecule is CS(=O)(=O)[C@H]1CCC[C@@H](NC(=O)c2cccnc2)C1. The molecule has 19 heavy (non-hydrogen) atoms.